The van der Waals surface area contributed by atoms with E-state index in [1.807, 2.05) is 13.8 Å². The fraction of sp³-hybridized carbons (Fsp3) is 0.579. The number of nitro benzene ring substituents is 1. The summed E-state index contributed by atoms with van der Waals surface area (Å²) in [5.74, 6) is -1.04. The van der Waals surface area contributed by atoms with Crippen LogP contribution in [0.4, 0.5) is 5.69 Å². The standard InChI is InChI=1S/C19H26ClN3O5/c1-12(2)16(18(26)21-11-19(8-9-24)6-3-7-19)22-17(25)14-5-4-13(23(27)28)10-15(14)20/h4-5,10,12,16,24H,3,6-9,11H2,1-2H3,(H,21,26)(H,22,25). The Kier molecular flexibility index (Phi) is 7.37. The Morgan fingerprint density at radius 3 is 2.50 bits per heavy atom. The molecule has 1 saturated carbocycles. The highest BCUT2D eigenvalue weighted by Crippen LogP contribution is 2.43. The van der Waals surface area contributed by atoms with Crippen LogP contribution in [0.2, 0.25) is 5.02 Å². The van der Waals surface area contributed by atoms with E-state index < -0.39 is 16.9 Å². The van der Waals surface area contributed by atoms with Crippen LogP contribution in [0, 0.1) is 21.4 Å². The lowest BCUT2D eigenvalue weighted by Gasteiger charge is -2.42. The lowest BCUT2D eigenvalue weighted by Crippen LogP contribution is -2.52. The molecule has 2 amide bonds. The normalized spacial score (nSPS) is 16.2. The summed E-state index contributed by atoms with van der Waals surface area (Å²) in [5.41, 5.74) is -0.201. The van der Waals surface area contributed by atoms with Gasteiger partial charge in [0.1, 0.15) is 6.04 Å². The Morgan fingerprint density at radius 1 is 1.36 bits per heavy atom. The van der Waals surface area contributed by atoms with E-state index >= 15 is 0 Å². The number of benzene rings is 1. The van der Waals surface area contributed by atoms with Crippen LogP contribution in [0.3, 0.4) is 0 Å². The second-order valence-electron chi connectivity index (χ2n) is 7.66. The van der Waals surface area contributed by atoms with Crippen LogP contribution in [0.25, 0.3) is 0 Å². The predicted molar refractivity (Wildman–Crippen MR) is 105 cm³/mol. The summed E-state index contributed by atoms with van der Waals surface area (Å²) in [5, 5.41) is 25.5. The zero-order valence-corrected chi connectivity index (χ0v) is 16.8. The highest BCUT2D eigenvalue weighted by molar-refractivity contribution is 6.34. The predicted octanol–water partition coefficient (Wildman–Crippen LogP) is 2.67. The number of hydrogen-bond donors (Lipinski definition) is 3. The van der Waals surface area contributed by atoms with Gasteiger partial charge in [-0.15, -0.1) is 0 Å². The van der Waals surface area contributed by atoms with Gasteiger partial charge >= 0.3 is 0 Å². The molecule has 0 bridgehead atoms. The quantitative estimate of drug-likeness (QED) is 0.426. The zero-order chi connectivity index (χ0) is 20.9. The van der Waals surface area contributed by atoms with Crippen LogP contribution in [-0.4, -0.2) is 41.0 Å². The van der Waals surface area contributed by atoms with Crippen LogP contribution >= 0.6 is 11.6 Å². The first kappa shape index (κ1) is 22.1. The van der Waals surface area contributed by atoms with Gasteiger partial charge in [0.15, 0.2) is 0 Å². The van der Waals surface area contributed by atoms with Gasteiger partial charge in [-0.1, -0.05) is 31.9 Å². The number of non-ortho nitro benzene ring substituents is 1. The molecule has 1 aromatic rings. The molecule has 1 unspecified atom stereocenters. The summed E-state index contributed by atoms with van der Waals surface area (Å²) in [6.07, 6.45) is 3.65. The topological polar surface area (TPSA) is 122 Å². The summed E-state index contributed by atoms with van der Waals surface area (Å²) in [6, 6.07) is 2.80. The third kappa shape index (κ3) is 5.20. The molecule has 0 radical (unpaired) electrons. The molecule has 9 heteroatoms. The number of carbonyl (C=O) groups is 2. The maximum absolute atomic E-state index is 12.7. The lowest BCUT2D eigenvalue weighted by atomic mass is 9.66. The summed E-state index contributed by atoms with van der Waals surface area (Å²) < 4.78 is 0. The van der Waals surface area contributed by atoms with Gasteiger partial charge in [-0.2, -0.15) is 0 Å². The summed E-state index contributed by atoms with van der Waals surface area (Å²) >= 11 is 6.00. The van der Waals surface area contributed by atoms with Crippen molar-refractivity contribution in [2.24, 2.45) is 11.3 Å². The van der Waals surface area contributed by atoms with Gasteiger partial charge in [0.2, 0.25) is 5.91 Å². The Morgan fingerprint density at radius 2 is 2.04 bits per heavy atom. The van der Waals surface area contributed by atoms with Gasteiger partial charge in [-0.25, -0.2) is 0 Å². The van der Waals surface area contributed by atoms with E-state index in [0.29, 0.717) is 13.0 Å². The number of nitrogens with zero attached hydrogens (tertiary/aromatic N) is 1. The fourth-order valence-corrected chi connectivity index (χ4v) is 3.63. The van der Waals surface area contributed by atoms with Crippen LogP contribution in [0.1, 0.15) is 49.9 Å². The molecule has 0 aliphatic heterocycles. The maximum Gasteiger partial charge on any atom is 0.270 e. The molecule has 0 aromatic heterocycles. The minimum atomic E-state index is -0.773. The van der Waals surface area contributed by atoms with Gasteiger partial charge < -0.3 is 15.7 Å². The zero-order valence-electron chi connectivity index (χ0n) is 16.0. The Balaban J connectivity index is 2.04. The molecule has 1 aliphatic rings. The highest BCUT2D eigenvalue weighted by atomic mass is 35.5. The third-order valence-electron chi connectivity index (χ3n) is 5.34. The molecule has 0 saturated heterocycles. The van der Waals surface area contributed by atoms with Gasteiger partial charge in [0.05, 0.1) is 15.5 Å². The third-order valence-corrected chi connectivity index (χ3v) is 5.65. The van der Waals surface area contributed by atoms with Crippen LogP contribution in [0.5, 0.6) is 0 Å². The second kappa shape index (κ2) is 9.34. The maximum atomic E-state index is 12.7. The minimum absolute atomic E-state index is 0.0500. The molecular weight excluding hydrogens is 386 g/mol. The number of aliphatic hydroxyl groups excluding tert-OH is 1. The number of nitro groups is 1. The number of rotatable bonds is 9. The van der Waals surface area contributed by atoms with E-state index in [1.54, 1.807) is 0 Å². The summed E-state index contributed by atoms with van der Waals surface area (Å²) in [6.45, 7) is 4.17. The number of carbonyl (C=O) groups excluding carboxylic acids is 2. The second-order valence-corrected chi connectivity index (χ2v) is 8.07. The molecule has 1 fully saturated rings. The Bertz CT molecular complexity index is 749. The molecule has 0 spiro atoms. The number of nitrogens with one attached hydrogen (secondary N) is 2. The van der Waals surface area contributed by atoms with Crippen molar-refractivity contribution in [3.63, 3.8) is 0 Å². The summed E-state index contributed by atoms with van der Waals surface area (Å²) in [4.78, 5) is 35.4. The molecule has 0 heterocycles. The van der Waals surface area contributed by atoms with E-state index in [0.717, 1.165) is 25.3 Å². The van der Waals surface area contributed by atoms with E-state index in [1.165, 1.54) is 12.1 Å². The van der Waals surface area contributed by atoms with Crippen molar-refractivity contribution in [1.82, 2.24) is 10.6 Å². The molecule has 1 aromatic carbocycles. The van der Waals surface area contributed by atoms with E-state index in [-0.39, 0.29) is 40.1 Å². The van der Waals surface area contributed by atoms with Crippen molar-refractivity contribution >= 4 is 29.1 Å². The molecule has 3 N–H and O–H groups in total. The van der Waals surface area contributed by atoms with Gasteiger partial charge in [0.25, 0.3) is 11.6 Å². The monoisotopic (exact) mass is 411 g/mol. The van der Waals surface area contributed by atoms with Crippen molar-refractivity contribution in [2.45, 2.75) is 45.6 Å². The average molecular weight is 412 g/mol. The molecule has 28 heavy (non-hydrogen) atoms. The first-order valence-corrected chi connectivity index (χ1v) is 9.70. The van der Waals surface area contributed by atoms with E-state index in [9.17, 15) is 24.8 Å². The smallest absolute Gasteiger partial charge is 0.270 e. The number of halogens is 1. The van der Waals surface area contributed by atoms with Gasteiger partial charge in [0, 0.05) is 25.3 Å². The molecule has 2 rings (SSSR count). The van der Waals surface area contributed by atoms with Crippen LogP contribution < -0.4 is 10.6 Å². The Labute approximate surface area is 168 Å². The molecule has 1 aliphatic carbocycles. The largest absolute Gasteiger partial charge is 0.396 e. The van der Waals surface area contributed by atoms with Crippen LogP contribution in [-0.2, 0) is 4.79 Å². The lowest BCUT2D eigenvalue weighted by molar-refractivity contribution is -0.384. The van der Waals surface area contributed by atoms with Crippen molar-refractivity contribution < 1.29 is 19.6 Å². The Hall–Kier alpha value is -2.19. The molecule has 154 valence electrons. The highest BCUT2D eigenvalue weighted by Gasteiger charge is 2.37. The van der Waals surface area contributed by atoms with Crippen molar-refractivity contribution in [3.05, 3.63) is 38.9 Å². The first-order valence-electron chi connectivity index (χ1n) is 9.32. The SMILES string of the molecule is CC(C)C(NC(=O)c1ccc([N+](=O)[O-])cc1Cl)C(=O)NCC1(CCO)CCC1. The fourth-order valence-electron chi connectivity index (χ4n) is 3.37. The number of hydrogen-bond acceptors (Lipinski definition) is 5. The molecule has 1 atom stereocenters. The number of aliphatic hydroxyl groups is 1. The van der Waals surface area contributed by atoms with Gasteiger partial charge in [-0.05, 0) is 36.7 Å². The molecule has 8 nitrogen and oxygen atoms in total. The van der Waals surface area contributed by atoms with Crippen molar-refractivity contribution in [2.75, 3.05) is 13.2 Å². The first-order chi connectivity index (χ1) is 13.2. The molecular formula is C19H26ClN3O5. The summed E-state index contributed by atoms with van der Waals surface area (Å²) in [7, 11) is 0. The van der Waals surface area contributed by atoms with Gasteiger partial charge in [-0.3, -0.25) is 19.7 Å². The minimum Gasteiger partial charge on any atom is -0.396 e. The average Bonchev–Trinajstić information content (AvgIpc) is 2.60. The van der Waals surface area contributed by atoms with Crippen molar-refractivity contribution in [1.29, 1.82) is 0 Å². The number of amides is 2. The van der Waals surface area contributed by atoms with Crippen LogP contribution in [0.15, 0.2) is 18.2 Å². The van der Waals surface area contributed by atoms with E-state index in [4.69, 9.17) is 11.6 Å². The van der Waals surface area contributed by atoms with E-state index in [2.05, 4.69) is 10.6 Å². The van der Waals surface area contributed by atoms with Crippen molar-refractivity contribution in [3.8, 4) is 0 Å².